The Labute approximate surface area is 62.1 Å². The highest BCUT2D eigenvalue weighted by Crippen LogP contribution is 2.31. The van der Waals surface area contributed by atoms with Crippen molar-refractivity contribution >= 4 is 0 Å². The zero-order valence-corrected chi connectivity index (χ0v) is 6.55. The monoisotopic (exact) mass is 141 g/mol. The quantitative estimate of drug-likeness (QED) is 0.518. The Morgan fingerprint density at radius 3 is 2.30 bits per heavy atom. The van der Waals surface area contributed by atoms with Crippen molar-refractivity contribution in [2.24, 2.45) is 0 Å². The van der Waals surface area contributed by atoms with E-state index in [9.17, 15) is 0 Å². The first kappa shape index (κ1) is 6.62. The highest BCUT2D eigenvalue weighted by atomic mass is 16.8. The maximum absolute atomic E-state index is 5.29. The Morgan fingerprint density at radius 2 is 1.80 bits per heavy atom. The van der Waals surface area contributed by atoms with Gasteiger partial charge >= 0.3 is 0 Å². The van der Waals surface area contributed by atoms with E-state index in [-0.39, 0.29) is 0 Å². The minimum absolute atomic E-state index is 0.420. The third-order valence-corrected chi connectivity index (χ3v) is 2.52. The summed E-state index contributed by atoms with van der Waals surface area (Å²) in [6, 6.07) is 0.753. The van der Waals surface area contributed by atoms with E-state index < -0.39 is 0 Å². The van der Waals surface area contributed by atoms with Crippen LogP contribution in [0.2, 0.25) is 0 Å². The van der Waals surface area contributed by atoms with Gasteiger partial charge in [0.2, 0.25) is 0 Å². The highest BCUT2D eigenvalue weighted by Gasteiger charge is 2.38. The average molecular weight is 141 g/mol. The summed E-state index contributed by atoms with van der Waals surface area (Å²) in [5, 5.41) is 2.15. The molecule has 2 nitrogen and oxygen atoms in total. The van der Waals surface area contributed by atoms with Gasteiger partial charge in [0.1, 0.15) is 0 Å². The minimum atomic E-state index is 0.420. The van der Waals surface area contributed by atoms with E-state index in [0.29, 0.717) is 6.23 Å². The first-order chi connectivity index (χ1) is 4.88. The van der Waals surface area contributed by atoms with Gasteiger partial charge in [-0.05, 0) is 19.8 Å². The second kappa shape index (κ2) is 2.51. The lowest BCUT2D eigenvalue weighted by molar-refractivity contribution is 0.119. The second-order valence-electron chi connectivity index (χ2n) is 3.36. The fourth-order valence-electron chi connectivity index (χ4n) is 1.87. The van der Waals surface area contributed by atoms with Gasteiger partial charge in [0, 0.05) is 6.04 Å². The van der Waals surface area contributed by atoms with Crippen LogP contribution in [0.3, 0.4) is 0 Å². The lowest BCUT2D eigenvalue weighted by atomic mass is 9.96. The van der Waals surface area contributed by atoms with Crippen molar-refractivity contribution in [2.75, 3.05) is 0 Å². The van der Waals surface area contributed by atoms with Crippen molar-refractivity contribution in [3.05, 3.63) is 0 Å². The summed E-state index contributed by atoms with van der Waals surface area (Å²) in [6.45, 7) is 2.12. The van der Waals surface area contributed by atoms with E-state index >= 15 is 0 Å². The molecule has 10 heavy (non-hydrogen) atoms. The molecule has 2 atom stereocenters. The molecule has 0 aromatic rings. The summed E-state index contributed by atoms with van der Waals surface area (Å²) >= 11 is 0. The van der Waals surface area contributed by atoms with Crippen molar-refractivity contribution in [3.8, 4) is 0 Å². The molecule has 1 heterocycles. The third kappa shape index (κ3) is 1.18. The molecule has 0 radical (unpaired) electrons. The molecule has 2 unspecified atom stereocenters. The number of hydrogen-bond acceptors (Lipinski definition) is 2. The van der Waals surface area contributed by atoms with Crippen LogP contribution in [0, 0.1) is 0 Å². The molecule has 2 rings (SSSR count). The lowest BCUT2D eigenvalue weighted by Gasteiger charge is -2.20. The summed E-state index contributed by atoms with van der Waals surface area (Å²) in [5.74, 6) is 0. The van der Waals surface area contributed by atoms with Gasteiger partial charge in [-0.2, -0.15) is 5.06 Å². The highest BCUT2D eigenvalue weighted by molar-refractivity contribution is 4.76. The van der Waals surface area contributed by atoms with Crippen LogP contribution >= 0.6 is 0 Å². The van der Waals surface area contributed by atoms with Gasteiger partial charge in [-0.1, -0.05) is 19.3 Å². The number of hydrogen-bond donors (Lipinski definition) is 0. The summed E-state index contributed by atoms with van der Waals surface area (Å²) in [4.78, 5) is 5.29. The maximum atomic E-state index is 5.29. The van der Waals surface area contributed by atoms with Crippen LogP contribution in [-0.4, -0.2) is 17.3 Å². The lowest BCUT2D eigenvalue weighted by Crippen LogP contribution is -2.22. The molecule has 1 aliphatic heterocycles. The molecule has 0 spiro atoms. The largest absolute Gasteiger partial charge is 0.275 e. The van der Waals surface area contributed by atoms with Crippen molar-refractivity contribution in [2.45, 2.75) is 51.3 Å². The summed E-state index contributed by atoms with van der Waals surface area (Å²) in [5.41, 5.74) is 0. The smallest absolute Gasteiger partial charge is 0.152 e. The van der Waals surface area contributed by atoms with Gasteiger partial charge in [-0.25, -0.2) is 0 Å². The van der Waals surface area contributed by atoms with Gasteiger partial charge < -0.3 is 0 Å². The molecule has 1 aliphatic carbocycles. The van der Waals surface area contributed by atoms with Gasteiger partial charge in [0.25, 0.3) is 0 Å². The molecule has 1 saturated carbocycles. The molecular weight excluding hydrogens is 126 g/mol. The van der Waals surface area contributed by atoms with E-state index in [1.165, 1.54) is 32.1 Å². The predicted molar refractivity (Wildman–Crippen MR) is 39.3 cm³/mol. The molecule has 0 aromatic heterocycles. The first-order valence-electron chi connectivity index (χ1n) is 4.33. The third-order valence-electron chi connectivity index (χ3n) is 2.52. The van der Waals surface area contributed by atoms with Crippen LogP contribution in [-0.2, 0) is 4.84 Å². The van der Waals surface area contributed by atoms with E-state index in [1.807, 2.05) is 0 Å². The Balaban J connectivity index is 1.81. The predicted octanol–water partition coefficient (Wildman–Crippen LogP) is 1.91. The van der Waals surface area contributed by atoms with Crippen LogP contribution in [0.5, 0.6) is 0 Å². The second-order valence-corrected chi connectivity index (χ2v) is 3.36. The Kier molecular flexibility index (Phi) is 1.66. The van der Waals surface area contributed by atoms with E-state index in [4.69, 9.17) is 4.84 Å². The average Bonchev–Trinajstić information content (AvgIpc) is 2.69. The van der Waals surface area contributed by atoms with Crippen LogP contribution in [0.15, 0.2) is 0 Å². The standard InChI is InChI=1S/C8H15NO/c1-7-9(10-7)8-5-3-2-4-6-8/h7-8H,2-6H2,1H3. The van der Waals surface area contributed by atoms with Crippen LogP contribution in [0.1, 0.15) is 39.0 Å². The fourth-order valence-corrected chi connectivity index (χ4v) is 1.87. The molecule has 58 valence electrons. The first-order valence-corrected chi connectivity index (χ1v) is 4.33. The van der Waals surface area contributed by atoms with Crippen molar-refractivity contribution in [3.63, 3.8) is 0 Å². The van der Waals surface area contributed by atoms with Crippen molar-refractivity contribution in [1.29, 1.82) is 0 Å². The van der Waals surface area contributed by atoms with Gasteiger partial charge in [0.15, 0.2) is 6.23 Å². The zero-order chi connectivity index (χ0) is 6.97. The molecule has 0 amide bonds. The molecule has 0 N–H and O–H groups in total. The molecular formula is C8H15NO. The topological polar surface area (TPSA) is 15.5 Å². The SMILES string of the molecule is CC1ON1C1CCCCC1. The number of hydroxylamine groups is 2. The number of rotatable bonds is 1. The Morgan fingerprint density at radius 1 is 1.20 bits per heavy atom. The molecule has 1 saturated heterocycles. The minimum Gasteiger partial charge on any atom is -0.275 e. The molecule has 2 aliphatic rings. The summed E-state index contributed by atoms with van der Waals surface area (Å²) in [6.07, 6.45) is 7.35. The van der Waals surface area contributed by atoms with Crippen molar-refractivity contribution < 1.29 is 4.84 Å². The Bertz CT molecular complexity index is 120. The molecule has 2 fully saturated rings. The maximum Gasteiger partial charge on any atom is 0.152 e. The molecule has 2 heteroatoms. The fraction of sp³-hybridized carbons (Fsp3) is 1.00. The van der Waals surface area contributed by atoms with Gasteiger partial charge in [-0.3, -0.25) is 4.84 Å². The van der Waals surface area contributed by atoms with Crippen LogP contribution in [0.25, 0.3) is 0 Å². The van der Waals surface area contributed by atoms with E-state index in [1.54, 1.807) is 0 Å². The van der Waals surface area contributed by atoms with Gasteiger partial charge in [-0.15, -0.1) is 0 Å². The van der Waals surface area contributed by atoms with Crippen LogP contribution in [0.4, 0.5) is 0 Å². The van der Waals surface area contributed by atoms with Gasteiger partial charge in [0.05, 0.1) is 0 Å². The summed E-state index contributed by atoms with van der Waals surface area (Å²) in [7, 11) is 0. The molecule has 0 bridgehead atoms. The number of nitrogens with zero attached hydrogens (tertiary/aromatic N) is 1. The van der Waals surface area contributed by atoms with E-state index in [0.717, 1.165) is 6.04 Å². The summed E-state index contributed by atoms with van der Waals surface area (Å²) < 4.78 is 0. The zero-order valence-electron chi connectivity index (χ0n) is 6.55. The van der Waals surface area contributed by atoms with Crippen LogP contribution < -0.4 is 0 Å². The Hall–Kier alpha value is -0.0800. The molecule has 0 aromatic carbocycles. The van der Waals surface area contributed by atoms with Crippen molar-refractivity contribution in [1.82, 2.24) is 5.06 Å². The van der Waals surface area contributed by atoms with E-state index in [2.05, 4.69) is 12.0 Å². The normalized spacial score (nSPS) is 41.7.